The molecule has 0 bridgehead atoms. The van der Waals surface area contributed by atoms with Crippen molar-refractivity contribution in [3.63, 3.8) is 0 Å². The molecule has 1 unspecified atom stereocenters. The number of aliphatic imine (C=N–C) groups is 1. The van der Waals surface area contributed by atoms with E-state index in [1.165, 1.54) is 0 Å². The quantitative estimate of drug-likeness (QED) is 0.282. The number of rotatable bonds is 12. The Hall–Kier alpha value is -3.01. The maximum absolute atomic E-state index is 12.6. The number of hydrogen-bond donors (Lipinski definition) is 1. The van der Waals surface area contributed by atoms with Crippen molar-refractivity contribution < 1.29 is 23.7 Å². The molecule has 5 rings (SSSR count). The zero-order chi connectivity index (χ0) is 30.2. The molecule has 0 spiro atoms. The molecule has 1 aromatic heterocycles. The minimum atomic E-state index is -0.511. The normalized spacial score (nSPS) is 20.3. The number of esters is 1. The third kappa shape index (κ3) is 8.34. The van der Waals surface area contributed by atoms with E-state index in [2.05, 4.69) is 11.4 Å². The highest BCUT2D eigenvalue weighted by atomic mass is 16.5. The van der Waals surface area contributed by atoms with E-state index < -0.39 is 6.04 Å². The van der Waals surface area contributed by atoms with Crippen LogP contribution in [-0.2, 0) is 32.5 Å². The summed E-state index contributed by atoms with van der Waals surface area (Å²) in [6.45, 7) is 4.69. The van der Waals surface area contributed by atoms with Gasteiger partial charge in [0.1, 0.15) is 24.5 Å². The predicted octanol–water partition coefficient (Wildman–Crippen LogP) is 4.66. The van der Waals surface area contributed by atoms with E-state index in [1.807, 2.05) is 38.4 Å². The highest BCUT2D eigenvalue weighted by Gasteiger charge is 2.28. The number of methoxy groups -OCH3 is 1. The number of pyridine rings is 1. The summed E-state index contributed by atoms with van der Waals surface area (Å²) in [6, 6.07) is 7.58. The summed E-state index contributed by atoms with van der Waals surface area (Å²) < 4.78 is 24.3. The summed E-state index contributed by atoms with van der Waals surface area (Å²) in [6.07, 6.45) is 11.2. The molecular weight excluding hydrogens is 546 g/mol. The number of ether oxygens (including phenoxy) is 4. The van der Waals surface area contributed by atoms with Crippen molar-refractivity contribution in [1.82, 2.24) is 9.88 Å². The van der Waals surface area contributed by atoms with Crippen LogP contribution in [0.3, 0.4) is 0 Å². The number of aromatic nitrogens is 1. The van der Waals surface area contributed by atoms with Crippen molar-refractivity contribution >= 4 is 17.4 Å². The van der Waals surface area contributed by atoms with Crippen LogP contribution in [0.1, 0.15) is 68.1 Å². The second-order valence-electron chi connectivity index (χ2n) is 12.3. The van der Waals surface area contributed by atoms with Gasteiger partial charge in [-0.3, -0.25) is 19.9 Å². The fourth-order valence-electron chi connectivity index (χ4n) is 6.61. The molecule has 43 heavy (non-hydrogen) atoms. The molecule has 1 N–H and O–H groups in total. The fraction of sp³-hybridized carbons (Fsp3) is 0.618. The van der Waals surface area contributed by atoms with Gasteiger partial charge >= 0.3 is 5.97 Å². The van der Waals surface area contributed by atoms with Gasteiger partial charge in [-0.2, -0.15) is 0 Å². The molecular formula is C34H47N3O6. The fourth-order valence-corrected chi connectivity index (χ4v) is 6.61. The Morgan fingerprint density at radius 2 is 1.93 bits per heavy atom. The zero-order valence-electron chi connectivity index (χ0n) is 25.9. The minimum Gasteiger partial charge on any atom is -0.492 e. The van der Waals surface area contributed by atoms with E-state index in [0.29, 0.717) is 25.0 Å². The monoisotopic (exact) mass is 593 g/mol. The van der Waals surface area contributed by atoms with Gasteiger partial charge in [-0.1, -0.05) is 0 Å². The number of aryl methyl sites for hydroxylation is 3. The molecule has 1 aliphatic carbocycles. The van der Waals surface area contributed by atoms with Crippen molar-refractivity contribution in [2.24, 2.45) is 23.9 Å². The maximum Gasteiger partial charge on any atom is 0.325 e. The smallest absolute Gasteiger partial charge is 0.325 e. The van der Waals surface area contributed by atoms with Crippen molar-refractivity contribution in [2.75, 3.05) is 40.1 Å². The van der Waals surface area contributed by atoms with Crippen LogP contribution in [0, 0.1) is 18.8 Å². The number of nitrogens with one attached hydrogen (secondary N) is 1. The second kappa shape index (κ2) is 15.1. The largest absolute Gasteiger partial charge is 0.492 e. The lowest BCUT2D eigenvalue weighted by Crippen LogP contribution is -2.44. The van der Waals surface area contributed by atoms with Gasteiger partial charge in [0.25, 0.3) is 5.56 Å². The van der Waals surface area contributed by atoms with Crippen LogP contribution in [0.15, 0.2) is 40.2 Å². The molecule has 3 aliphatic rings. The summed E-state index contributed by atoms with van der Waals surface area (Å²) in [5, 5.41) is 3.24. The van der Waals surface area contributed by atoms with Crippen LogP contribution in [-0.4, -0.2) is 68.5 Å². The Balaban J connectivity index is 1.26. The van der Waals surface area contributed by atoms with Crippen molar-refractivity contribution in [3.8, 4) is 5.75 Å². The molecule has 2 aliphatic heterocycles. The predicted molar refractivity (Wildman–Crippen MR) is 167 cm³/mol. The molecule has 3 heterocycles. The van der Waals surface area contributed by atoms with Crippen molar-refractivity contribution in [1.29, 1.82) is 0 Å². The van der Waals surface area contributed by atoms with E-state index in [4.69, 9.17) is 23.9 Å². The number of nitrogens with zero attached hydrogens (tertiary/aromatic N) is 2. The van der Waals surface area contributed by atoms with Gasteiger partial charge in [0, 0.05) is 57.2 Å². The van der Waals surface area contributed by atoms with Gasteiger partial charge in [0.2, 0.25) is 0 Å². The van der Waals surface area contributed by atoms with Crippen LogP contribution in [0.2, 0.25) is 0 Å². The van der Waals surface area contributed by atoms with Crippen molar-refractivity contribution in [3.05, 3.63) is 57.5 Å². The molecule has 0 radical (unpaired) electrons. The average molecular weight is 594 g/mol. The van der Waals surface area contributed by atoms with E-state index in [1.54, 1.807) is 11.7 Å². The summed E-state index contributed by atoms with van der Waals surface area (Å²) >= 11 is 0. The Labute approximate surface area is 255 Å². The second-order valence-corrected chi connectivity index (χ2v) is 12.3. The summed E-state index contributed by atoms with van der Waals surface area (Å²) in [7, 11) is 3.40. The van der Waals surface area contributed by atoms with Gasteiger partial charge in [-0.05, 0) is 100 Å². The van der Waals surface area contributed by atoms with Gasteiger partial charge in [0.05, 0.1) is 18.0 Å². The zero-order valence-corrected chi connectivity index (χ0v) is 25.9. The number of fused-ring (bicyclic) bond motifs is 1. The molecule has 9 nitrogen and oxygen atoms in total. The Bertz CT molecular complexity index is 1300. The average Bonchev–Trinajstić information content (AvgIpc) is 3.45. The lowest BCUT2D eigenvalue weighted by atomic mass is 9.82. The number of carbonyl (C=O) groups excluding carboxylic acids is 1. The van der Waals surface area contributed by atoms with Crippen molar-refractivity contribution in [2.45, 2.75) is 76.9 Å². The van der Waals surface area contributed by atoms with Crippen LogP contribution < -0.4 is 15.6 Å². The third-order valence-corrected chi connectivity index (χ3v) is 9.02. The molecule has 9 heteroatoms. The summed E-state index contributed by atoms with van der Waals surface area (Å²) in [5.41, 5.74) is 4.96. The first-order valence-corrected chi connectivity index (χ1v) is 15.9. The first-order chi connectivity index (χ1) is 20.9. The molecule has 2 atom stereocenters. The third-order valence-electron chi connectivity index (χ3n) is 9.02. The van der Waals surface area contributed by atoms with Gasteiger partial charge in [-0.15, -0.1) is 0 Å². The Morgan fingerprint density at radius 1 is 1.14 bits per heavy atom. The van der Waals surface area contributed by atoms with Gasteiger partial charge < -0.3 is 23.5 Å². The molecule has 2 fully saturated rings. The molecule has 0 amide bonds. The highest BCUT2D eigenvalue weighted by Crippen LogP contribution is 2.36. The molecule has 234 valence electrons. The molecule has 1 saturated carbocycles. The van der Waals surface area contributed by atoms with Gasteiger partial charge in [0.15, 0.2) is 0 Å². The van der Waals surface area contributed by atoms with Crippen LogP contribution in [0.25, 0.3) is 0 Å². The number of carbonyl (C=O) groups is 1. The highest BCUT2D eigenvalue weighted by molar-refractivity contribution is 6.04. The summed E-state index contributed by atoms with van der Waals surface area (Å²) in [4.78, 5) is 30.3. The topological polar surface area (TPSA) is 100 Å². The van der Waals surface area contributed by atoms with E-state index in [9.17, 15) is 9.59 Å². The number of hydrogen-bond acceptors (Lipinski definition) is 8. The van der Waals surface area contributed by atoms with Crippen LogP contribution >= 0.6 is 0 Å². The van der Waals surface area contributed by atoms with E-state index in [-0.39, 0.29) is 24.2 Å². The SMILES string of the molecule is COC[C@H](NCCOc1ccc2c(c1)CCC(CC1CCOCC1)C(c1cc(C)c(=O)n(C)c1)=N2)C(=O)OC1CCCC1. The van der Waals surface area contributed by atoms with Crippen LogP contribution in [0.4, 0.5) is 5.69 Å². The Morgan fingerprint density at radius 3 is 2.67 bits per heavy atom. The Kier molecular flexibility index (Phi) is 11.1. The van der Waals surface area contributed by atoms with E-state index in [0.717, 1.165) is 105 Å². The standard InChI is InChI=1S/C34H47N3O6/c1-23-18-27(21-37(2)33(23)38)32-26(19-24-12-15-41-16-13-24)9-8-25-20-29(10-11-30(25)36-32)42-17-14-35-31(22-40-3)34(39)43-28-6-4-5-7-28/h10-11,18,20-21,24,26,28,31,35H,4-9,12-17,19,22H2,1-3H3/t26?,31-/m0/s1. The molecule has 1 aromatic carbocycles. The van der Waals surface area contributed by atoms with Gasteiger partial charge in [-0.25, -0.2) is 0 Å². The number of benzene rings is 1. The molecule has 2 aromatic rings. The first-order valence-electron chi connectivity index (χ1n) is 15.9. The molecule has 1 saturated heterocycles. The van der Waals surface area contributed by atoms with E-state index >= 15 is 0 Å². The lowest BCUT2D eigenvalue weighted by molar-refractivity contribution is -0.152. The minimum absolute atomic E-state index is 0.0230. The van der Waals surface area contributed by atoms with Crippen LogP contribution in [0.5, 0.6) is 5.75 Å². The first kappa shape index (κ1) is 31.4. The lowest BCUT2D eigenvalue weighted by Gasteiger charge is -2.27. The maximum atomic E-state index is 12.6. The summed E-state index contributed by atoms with van der Waals surface area (Å²) in [5.74, 6) is 1.44.